The van der Waals surface area contributed by atoms with Gasteiger partial charge in [0.25, 0.3) is 0 Å². The molecule has 0 aliphatic carbocycles. The summed E-state index contributed by atoms with van der Waals surface area (Å²) in [7, 11) is 0. The lowest BCUT2D eigenvalue weighted by atomic mass is 10.2. The number of ether oxygens (including phenoxy) is 1. The Labute approximate surface area is 124 Å². The lowest BCUT2D eigenvalue weighted by Gasteiger charge is -2.13. The highest BCUT2D eigenvalue weighted by Crippen LogP contribution is 2.29. The van der Waals surface area contributed by atoms with Gasteiger partial charge in [0.2, 0.25) is 0 Å². The molecule has 5 heteroatoms. The van der Waals surface area contributed by atoms with Gasteiger partial charge in [-0.3, -0.25) is 0 Å². The number of aromatic nitrogens is 2. The molecule has 1 aromatic heterocycles. The van der Waals surface area contributed by atoms with Crippen LogP contribution in [0.1, 0.15) is 25.2 Å². The van der Waals surface area contributed by atoms with Gasteiger partial charge in [-0.15, -0.1) is 0 Å². The highest BCUT2D eigenvalue weighted by atomic mass is 35.5. The number of imidazole rings is 1. The number of para-hydroxylation sites is 1. The number of nitrogens with zero attached hydrogens (tertiary/aromatic N) is 2. The normalized spacial score (nSPS) is 10.8. The van der Waals surface area contributed by atoms with Crippen LogP contribution in [0.4, 0.5) is 0 Å². The van der Waals surface area contributed by atoms with E-state index in [1.54, 1.807) is 6.20 Å². The molecule has 0 atom stereocenters. The summed E-state index contributed by atoms with van der Waals surface area (Å²) in [6.45, 7) is 7.11. The van der Waals surface area contributed by atoms with E-state index in [-0.39, 0.29) is 0 Å². The van der Waals surface area contributed by atoms with Crippen molar-refractivity contribution in [3.8, 4) is 5.75 Å². The van der Waals surface area contributed by atoms with Crippen LogP contribution in [0.2, 0.25) is 5.02 Å². The molecule has 0 amide bonds. The maximum atomic E-state index is 6.24. The van der Waals surface area contributed by atoms with Crippen molar-refractivity contribution in [1.29, 1.82) is 0 Å². The second-order valence-electron chi connectivity index (χ2n) is 4.43. The number of rotatable bonds is 7. The molecule has 1 heterocycles. The molecule has 2 rings (SSSR count). The zero-order chi connectivity index (χ0) is 14.4. The molecule has 20 heavy (non-hydrogen) atoms. The van der Waals surface area contributed by atoms with Gasteiger partial charge in [-0.25, -0.2) is 4.98 Å². The number of nitrogens with one attached hydrogen (secondary N) is 1. The number of hydrogen-bond acceptors (Lipinski definition) is 3. The molecule has 0 aliphatic heterocycles. The van der Waals surface area contributed by atoms with Gasteiger partial charge < -0.3 is 14.6 Å². The van der Waals surface area contributed by atoms with E-state index in [2.05, 4.69) is 28.7 Å². The fourth-order valence-corrected chi connectivity index (χ4v) is 2.27. The molecule has 0 saturated carbocycles. The standard InChI is InChI=1S/C15H20ClN3O/c1-3-17-10-12-6-5-7-13(16)15(12)20-11-14-18-8-9-19(14)4-2/h5-9,17H,3-4,10-11H2,1-2H3. The van der Waals surface area contributed by atoms with Crippen LogP contribution in [0, 0.1) is 0 Å². The van der Waals surface area contributed by atoms with Crippen LogP contribution in [-0.2, 0) is 19.7 Å². The van der Waals surface area contributed by atoms with Gasteiger partial charge in [0.05, 0.1) is 5.02 Å². The summed E-state index contributed by atoms with van der Waals surface area (Å²) in [6, 6.07) is 5.81. The lowest BCUT2D eigenvalue weighted by molar-refractivity contribution is 0.286. The maximum absolute atomic E-state index is 6.24. The van der Waals surface area contributed by atoms with Crippen molar-refractivity contribution in [2.24, 2.45) is 0 Å². The van der Waals surface area contributed by atoms with Gasteiger partial charge in [0.15, 0.2) is 0 Å². The molecule has 0 fully saturated rings. The Hall–Kier alpha value is -1.52. The highest BCUT2D eigenvalue weighted by Gasteiger charge is 2.10. The second kappa shape index (κ2) is 7.31. The molecule has 4 nitrogen and oxygen atoms in total. The molecule has 1 aromatic carbocycles. The van der Waals surface area contributed by atoms with E-state index in [1.807, 2.05) is 24.4 Å². The third kappa shape index (κ3) is 3.52. The van der Waals surface area contributed by atoms with Crippen molar-refractivity contribution in [2.45, 2.75) is 33.5 Å². The first-order valence-electron chi connectivity index (χ1n) is 6.87. The number of hydrogen-bond donors (Lipinski definition) is 1. The van der Waals surface area contributed by atoms with Crippen LogP contribution < -0.4 is 10.1 Å². The number of benzene rings is 1. The molecule has 0 saturated heterocycles. The second-order valence-corrected chi connectivity index (χ2v) is 4.83. The van der Waals surface area contributed by atoms with E-state index < -0.39 is 0 Å². The van der Waals surface area contributed by atoms with Crippen molar-refractivity contribution in [3.05, 3.63) is 47.0 Å². The van der Waals surface area contributed by atoms with Gasteiger partial charge in [0, 0.05) is 31.0 Å². The SMILES string of the molecule is CCNCc1cccc(Cl)c1OCc1nccn1CC. The van der Waals surface area contributed by atoms with E-state index in [9.17, 15) is 0 Å². The zero-order valence-corrected chi connectivity index (χ0v) is 12.7. The molecule has 0 unspecified atom stereocenters. The van der Waals surface area contributed by atoms with Gasteiger partial charge in [-0.05, 0) is 19.5 Å². The largest absolute Gasteiger partial charge is 0.484 e. The topological polar surface area (TPSA) is 39.1 Å². The van der Waals surface area contributed by atoms with Gasteiger partial charge in [-0.2, -0.15) is 0 Å². The minimum Gasteiger partial charge on any atom is -0.484 e. The van der Waals surface area contributed by atoms with E-state index in [4.69, 9.17) is 16.3 Å². The Morgan fingerprint density at radius 1 is 1.35 bits per heavy atom. The van der Waals surface area contributed by atoms with Crippen molar-refractivity contribution >= 4 is 11.6 Å². The molecular weight excluding hydrogens is 274 g/mol. The molecule has 108 valence electrons. The predicted octanol–water partition coefficient (Wildman–Crippen LogP) is 3.24. The Bertz CT molecular complexity index is 554. The van der Waals surface area contributed by atoms with Crippen molar-refractivity contribution in [2.75, 3.05) is 6.54 Å². The zero-order valence-electron chi connectivity index (χ0n) is 11.9. The van der Waals surface area contributed by atoms with E-state index in [1.165, 1.54) is 0 Å². The molecule has 2 aromatic rings. The van der Waals surface area contributed by atoms with Crippen LogP contribution in [0.25, 0.3) is 0 Å². The number of aryl methyl sites for hydroxylation is 1. The molecular formula is C15H20ClN3O. The summed E-state index contributed by atoms with van der Waals surface area (Å²) >= 11 is 6.24. The fraction of sp³-hybridized carbons (Fsp3) is 0.400. The van der Waals surface area contributed by atoms with Crippen molar-refractivity contribution < 1.29 is 4.74 Å². The first-order valence-corrected chi connectivity index (χ1v) is 7.25. The lowest BCUT2D eigenvalue weighted by Crippen LogP contribution is -2.13. The summed E-state index contributed by atoms with van der Waals surface area (Å²) in [5, 5.41) is 3.92. The summed E-state index contributed by atoms with van der Waals surface area (Å²) in [6.07, 6.45) is 3.74. The third-order valence-electron chi connectivity index (χ3n) is 3.10. The van der Waals surface area contributed by atoms with Crippen LogP contribution in [0.3, 0.4) is 0 Å². The summed E-state index contributed by atoms with van der Waals surface area (Å²) in [4.78, 5) is 4.30. The smallest absolute Gasteiger partial charge is 0.146 e. The Balaban J connectivity index is 2.12. The van der Waals surface area contributed by atoms with Crippen molar-refractivity contribution in [3.63, 3.8) is 0 Å². The minimum atomic E-state index is 0.420. The number of halogens is 1. The van der Waals surface area contributed by atoms with Gasteiger partial charge >= 0.3 is 0 Å². The fourth-order valence-electron chi connectivity index (χ4n) is 2.02. The molecule has 0 bridgehead atoms. The first kappa shape index (κ1) is 14.9. The Morgan fingerprint density at radius 2 is 2.20 bits per heavy atom. The quantitative estimate of drug-likeness (QED) is 0.852. The minimum absolute atomic E-state index is 0.420. The van der Waals surface area contributed by atoms with E-state index in [0.29, 0.717) is 11.6 Å². The van der Waals surface area contributed by atoms with Crippen LogP contribution in [0.15, 0.2) is 30.6 Å². The monoisotopic (exact) mass is 293 g/mol. The first-order chi connectivity index (χ1) is 9.76. The Morgan fingerprint density at radius 3 is 2.95 bits per heavy atom. The van der Waals surface area contributed by atoms with Crippen LogP contribution in [0.5, 0.6) is 5.75 Å². The van der Waals surface area contributed by atoms with Crippen molar-refractivity contribution in [1.82, 2.24) is 14.9 Å². The van der Waals surface area contributed by atoms with Gasteiger partial charge in [-0.1, -0.05) is 30.7 Å². The van der Waals surface area contributed by atoms with Crippen LogP contribution in [-0.4, -0.2) is 16.1 Å². The van der Waals surface area contributed by atoms with Gasteiger partial charge in [0.1, 0.15) is 18.2 Å². The maximum Gasteiger partial charge on any atom is 0.146 e. The van der Waals surface area contributed by atoms with Crippen LogP contribution >= 0.6 is 11.6 Å². The van der Waals surface area contributed by atoms with E-state index >= 15 is 0 Å². The third-order valence-corrected chi connectivity index (χ3v) is 3.40. The predicted molar refractivity (Wildman–Crippen MR) is 81.1 cm³/mol. The molecule has 0 aliphatic rings. The average molecular weight is 294 g/mol. The van der Waals surface area contributed by atoms with E-state index in [0.717, 1.165) is 36.8 Å². The molecule has 1 N–H and O–H groups in total. The molecule has 0 spiro atoms. The average Bonchev–Trinajstić information content (AvgIpc) is 2.91. The summed E-state index contributed by atoms with van der Waals surface area (Å²) < 4.78 is 7.95. The highest BCUT2D eigenvalue weighted by molar-refractivity contribution is 6.32. The summed E-state index contributed by atoms with van der Waals surface area (Å²) in [5.41, 5.74) is 1.06. The summed E-state index contributed by atoms with van der Waals surface area (Å²) in [5.74, 6) is 1.64. The Kier molecular flexibility index (Phi) is 5.44. The molecule has 0 radical (unpaired) electrons.